The number of hydrogen-bond donors (Lipinski definition) is 1. The van der Waals surface area contributed by atoms with E-state index in [1.807, 2.05) is 18.2 Å². The molecule has 1 aromatic carbocycles. The number of fused-ring (bicyclic) bond motifs is 1. The SMILES string of the molecule is COc1ccc2c(c1)OC(c1cc(Br)c(C)s1)CC2N. The Kier molecular flexibility index (Phi) is 3.75. The summed E-state index contributed by atoms with van der Waals surface area (Å²) < 4.78 is 12.5. The van der Waals surface area contributed by atoms with Crippen molar-refractivity contribution >= 4 is 27.3 Å². The van der Waals surface area contributed by atoms with Crippen LogP contribution >= 0.6 is 27.3 Å². The fourth-order valence-corrected chi connectivity index (χ4v) is 4.03. The predicted molar refractivity (Wildman–Crippen MR) is 84.7 cm³/mol. The lowest BCUT2D eigenvalue weighted by Gasteiger charge is -2.30. The second kappa shape index (κ2) is 5.39. The smallest absolute Gasteiger partial charge is 0.135 e. The Morgan fingerprint density at radius 3 is 2.85 bits per heavy atom. The molecule has 0 saturated carbocycles. The molecule has 2 aromatic rings. The van der Waals surface area contributed by atoms with Crippen LogP contribution in [-0.2, 0) is 0 Å². The van der Waals surface area contributed by atoms with Crippen molar-refractivity contribution in [3.63, 3.8) is 0 Å². The molecule has 1 aliphatic rings. The van der Waals surface area contributed by atoms with Crippen LogP contribution < -0.4 is 15.2 Å². The maximum Gasteiger partial charge on any atom is 0.135 e. The number of benzene rings is 1. The summed E-state index contributed by atoms with van der Waals surface area (Å²) in [5, 5.41) is 0. The van der Waals surface area contributed by atoms with Gasteiger partial charge in [0.1, 0.15) is 17.6 Å². The number of thiophene rings is 1. The fraction of sp³-hybridized carbons (Fsp3) is 0.333. The lowest BCUT2D eigenvalue weighted by molar-refractivity contribution is 0.164. The molecule has 0 amide bonds. The van der Waals surface area contributed by atoms with Crippen molar-refractivity contribution < 1.29 is 9.47 Å². The summed E-state index contributed by atoms with van der Waals surface area (Å²) in [6.07, 6.45) is 0.811. The van der Waals surface area contributed by atoms with Crippen LogP contribution in [0.4, 0.5) is 0 Å². The first-order valence-corrected chi connectivity index (χ1v) is 8.05. The second-order valence-corrected chi connectivity index (χ2v) is 7.05. The van der Waals surface area contributed by atoms with E-state index in [1.165, 1.54) is 9.75 Å². The molecule has 3 rings (SSSR count). The Hall–Kier alpha value is -1.04. The first kappa shape index (κ1) is 13.9. The molecule has 2 N–H and O–H groups in total. The molecule has 2 unspecified atom stereocenters. The van der Waals surface area contributed by atoms with Crippen molar-refractivity contribution in [2.24, 2.45) is 5.73 Å². The zero-order chi connectivity index (χ0) is 14.3. The summed E-state index contributed by atoms with van der Waals surface area (Å²) in [7, 11) is 1.65. The molecule has 0 radical (unpaired) electrons. The number of rotatable bonds is 2. The van der Waals surface area contributed by atoms with Crippen LogP contribution in [0.5, 0.6) is 11.5 Å². The van der Waals surface area contributed by atoms with Gasteiger partial charge in [-0.25, -0.2) is 0 Å². The average molecular weight is 354 g/mol. The van der Waals surface area contributed by atoms with Gasteiger partial charge in [0.15, 0.2) is 0 Å². The highest BCUT2D eigenvalue weighted by atomic mass is 79.9. The molecule has 2 heterocycles. The Bertz CT molecular complexity index is 621. The average Bonchev–Trinajstić information content (AvgIpc) is 2.78. The van der Waals surface area contributed by atoms with E-state index >= 15 is 0 Å². The molecule has 0 saturated heterocycles. The van der Waals surface area contributed by atoms with Gasteiger partial charge in [0.2, 0.25) is 0 Å². The highest BCUT2D eigenvalue weighted by molar-refractivity contribution is 9.10. The lowest BCUT2D eigenvalue weighted by Crippen LogP contribution is -2.23. The normalized spacial score (nSPS) is 21.2. The van der Waals surface area contributed by atoms with Crippen LogP contribution in [0.25, 0.3) is 0 Å². The maximum atomic E-state index is 6.28. The van der Waals surface area contributed by atoms with Crippen molar-refractivity contribution in [1.29, 1.82) is 0 Å². The van der Waals surface area contributed by atoms with Crippen LogP contribution in [0, 0.1) is 6.92 Å². The van der Waals surface area contributed by atoms with Crippen LogP contribution in [0.2, 0.25) is 0 Å². The number of nitrogens with two attached hydrogens (primary N) is 1. The Labute approximate surface area is 130 Å². The highest BCUT2D eigenvalue weighted by Gasteiger charge is 2.28. The zero-order valence-electron chi connectivity index (χ0n) is 11.4. The summed E-state index contributed by atoms with van der Waals surface area (Å²) in [4.78, 5) is 2.46. The monoisotopic (exact) mass is 353 g/mol. The molecule has 1 aliphatic heterocycles. The van der Waals surface area contributed by atoms with E-state index in [0.717, 1.165) is 28.0 Å². The molecule has 20 heavy (non-hydrogen) atoms. The van der Waals surface area contributed by atoms with Crippen molar-refractivity contribution in [3.8, 4) is 11.5 Å². The maximum absolute atomic E-state index is 6.28. The summed E-state index contributed by atoms with van der Waals surface area (Å²) in [6.45, 7) is 2.10. The van der Waals surface area contributed by atoms with Gasteiger partial charge in [0.05, 0.1) is 7.11 Å². The van der Waals surface area contributed by atoms with Crippen LogP contribution in [0.3, 0.4) is 0 Å². The third kappa shape index (κ3) is 2.45. The third-order valence-corrected chi connectivity index (χ3v) is 5.78. The summed E-state index contributed by atoms with van der Waals surface area (Å²) in [5.74, 6) is 1.62. The van der Waals surface area contributed by atoms with E-state index in [1.54, 1.807) is 18.4 Å². The fourth-order valence-electron chi connectivity index (χ4n) is 2.42. The molecule has 0 aliphatic carbocycles. The minimum atomic E-state index is -0.00385. The minimum Gasteiger partial charge on any atom is -0.497 e. The van der Waals surface area contributed by atoms with Gasteiger partial charge in [-0.05, 0) is 35.0 Å². The van der Waals surface area contributed by atoms with Gasteiger partial charge in [-0.2, -0.15) is 0 Å². The predicted octanol–water partition coefficient (Wildman–Crippen LogP) is 4.35. The van der Waals surface area contributed by atoms with Gasteiger partial charge in [0.25, 0.3) is 0 Å². The molecule has 0 fully saturated rings. The molecule has 0 bridgehead atoms. The summed E-state index contributed by atoms with van der Waals surface area (Å²) >= 11 is 5.30. The first-order chi connectivity index (χ1) is 9.58. The van der Waals surface area contributed by atoms with Crippen molar-refractivity contribution in [1.82, 2.24) is 0 Å². The van der Waals surface area contributed by atoms with Gasteiger partial charge in [0, 0.05) is 38.3 Å². The number of aryl methyl sites for hydroxylation is 1. The number of halogens is 1. The number of ether oxygens (including phenoxy) is 2. The van der Waals surface area contributed by atoms with E-state index in [4.69, 9.17) is 15.2 Å². The van der Waals surface area contributed by atoms with E-state index in [9.17, 15) is 0 Å². The van der Waals surface area contributed by atoms with E-state index in [-0.39, 0.29) is 12.1 Å². The largest absolute Gasteiger partial charge is 0.497 e. The van der Waals surface area contributed by atoms with Gasteiger partial charge in [-0.1, -0.05) is 6.07 Å². The van der Waals surface area contributed by atoms with Crippen molar-refractivity contribution in [3.05, 3.63) is 44.1 Å². The van der Waals surface area contributed by atoms with E-state index in [2.05, 4.69) is 28.9 Å². The first-order valence-electron chi connectivity index (χ1n) is 6.44. The van der Waals surface area contributed by atoms with E-state index in [0.29, 0.717) is 0 Å². The molecular formula is C15H16BrNO2S. The Balaban J connectivity index is 1.94. The molecule has 1 aromatic heterocycles. The topological polar surface area (TPSA) is 44.5 Å². The van der Waals surface area contributed by atoms with Gasteiger partial charge < -0.3 is 15.2 Å². The quantitative estimate of drug-likeness (QED) is 0.872. The van der Waals surface area contributed by atoms with Crippen molar-refractivity contribution in [2.45, 2.75) is 25.5 Å². The highest BCUT2D eigenvalue weighted by Crippen LogP contribution is 2.43. The lowest BCUT2D eigenvalue weighted by atomic mass is 9.96. The molecule has 3 nitrogen and oxygen atoms in total. The third-order valence-electron chi connectivity index (χ3n) is 3.55. The molecule has 2 atom stereocenters. The minimum absolute atomic E-state index is 0.00385. The molecule has 0 spiro atoms. The van der Waals surface area contributed by atoms with Crippen LogP contribution in [-0.4, -0.2) is 7.11 Å². The zero-order valence-corrected chi connectivity index (χ0v) is 13.8. The molecule has 106 valence electrons. The van der Waals surface area contributed by atoms with Gasteiger partial charge >= 0.3 is 0 Å². The van der Waals surface area contributed by atoms with Crippen molar-refractivity contribution in [2.75, 3.05) is 7.11 Å². The number of hydrogen-bond acceptors (Lipinski definition) is 4. The van der Waals surface area contributed by atoms with Crippen LogP contribution in [0.1, 0.15) is 33.9 Å². The van der Waals surface area contributed by atoms with Crippen LogP contribution in [0.15, 0.2) is 28.7 Å². The molecule has 5 heteroatoms. The van der Waals surface area contributed by atoms with Gasteiger partial charge in [-0.15, -0.1) is 11.3 Å². The number of methoxy groups -OCH3 is 1. The molecular weight excluding hydrogens is 338 g/mol. The summed E-state index contributed by atoms with van der Waals surface area (Å²) in [5.41, 5.74) is 7.33. The second-order valence-electron chi connectivity index (χ2n) is 4.91. The Morgan fingerprint density at radius 2 is 2.20 bits per heavy atom. The van der Waals surface area contributed by atoms with E-state index < -0.39 is 0 Å². The Morgan fingerprint density at radius 1 is 1.40 bits per heavy atom. The van der Waals surface area contributed by atoms with Gasteiger partial charge in [-0.3, -0.25) is 0 Å². The standard InChI is InChI=1S/C15H16BrNO2S/c1-8-11(16)6-15(20-8)14-7-12(17)10-4-3-9(18-2)5-13(10)19-14/h3-6,12,14H,7,17H2,1-2H3. The summed E-state index contributed by atoms with van der Waals surface area (Å²) in [6, 6.07) is 7.95.